The monoisotopic (exact) mass is 197 g/mol. The second-order valence-corrected chi connectivity index (χ2v) is 4.72. The molecule has 0 radical (unpaired) electrons. The third-order valence-electron chi connectivity index (χ3n) is 1.97. The predicted molar refractivity (Wildman–Crippen MR) is 56.5 cm³/mol. The van der Waals surface area contributed by atoms with Gasteiger partial charge in [0, 0.05) is 12.7 Å². The lowest BCUT2D eigenvalue weighted by atomic mass is 10.2. The van der Waals surface area contributed by atoms with E-state index in [4.69, 9.17) is 5.73 Å². The predicted octanol–water partition coefficient (Wildman–Crippen LogP) is 1.53. The van der Waals surface area contributed by atoms with Crippen LogP contribution in [0.5, 0.6) is 0 Å². The van der Waals surface area contributed by atoms with Crippen LogP contribution in [0.25, 0.3) is 0 Å². The Balaban J connectivity index is 3.01. The number of nitrogens with zero attached hydrogens (tertiary/aromatic N) is 2. The van der Waals surface area contributed by atoms with Gasteiger partial charge in [-0.05, 0) is 26.2 Å². The molecule has 0 unspecified atom stereocenters. The number of hydrogen-bond donors (Lipinski definition) is 1. The van der Waals surface area contributed by atoms with E-state index in [1.165, 1.54) is 0 Å². The maximum atomic E-state index is 5.51. The van der Waals surface area contributed by atoms with E-state index in [0.29, 0.717) is 6.54 Å². The van der Waals surface area contributed by atoms with Gasteiger partial charge in [0.1, 0.15) is 5.82 Å². The van der Waals surface area contributed by atoms with Crippen molar-refractivity contribution >= 4 is 11.8 Å². The minimum absolute atomic E-state index is 0.0365. The van der Waals surface area contributed by atoms with Crippen LogP contribution in [-0.4, -0.2) is 16.2 Å². The Hall–Kier alpha value is -0.610. The third kappa shape index (κ3) is 2.42. The first-order valence-electron chi connectivity index (χ1n) is 4.18. The molecule has 0 bridgehead atoms. The number of thioether (sulfide) groups is 1. The summed E-state index contributed by atoms with van der Waals surface area (Å²) in [7, 11) is 0. The van der Waals surface area contributed by atoms with Crippen LogP contribution < -0.4 is 5.73 Å². The molecule has 0 spiro atoms. The minimum atomic E-state index is -0.0365. The molecule has 0 saturated heterocycles. The molecule has 0 fully saturated rings. The Morgan fingerprint density at radius 2 is 2.23 bits per heavy atom. The van der Waals surface area contributed by atoms with Crippen LogP contribution in [0.4, 0.5) is 0 Å². The summed E-state index contributed by atoms with van der Waals surface area (Å²) in [6.07, 6.45) is 3.82. The highest BCUT2D eigenvalue weighted by molar-refractivity contribution is 7.99. The van der Waals surface area contributed by atoms with Gasteiger partial charge in [0.25, 0.3) is 0 Å². The van der Waals surface area contributed by atoms with Crippen LogP contribution in [0, 0.1) is 0 Å². The maximum Gasteiger partial charge on any atom is 0.144 e. The molecule has 0 aliphatic rings. The Bertz CT molecular complexity index is 286. The highest BCUT2D eigenvalue weighted by atomic mass is 32.2. The first-order valence-corrected chi connectivity index (χ1v) is 5.40. The molecule has 0 atom stereocenters. The van der Waals surface area contributed by atoms with Gasteiger partial charge in [-0.3, -0.25) is 0 Å². The molecule has 1 heterocycles. The van der Waals surface area contributed by atoms with E-state index in [2.05, 4.69) is 30.1 Å². The van der Waals surface area contributed by atoms with Gasteiger partial charge in [-0.25, -0.2) is 9.97 Å². The smallest absolute Gasteiger partial charge is 0.144 e. The summed E-state index contributed by atoms with van der Waals surface area (Å²) in [6, 6.07) is 1.85. The van der Waals surface area contributed by atoms with E-state index in [-0.39, 0.29) is 4.75 Å². The Labute approximate surface area is 83.2 Å². The summed E-state index contributed by atoms with van der Waals surface area (Å²) < 4.78 is -0.0365. The molecule has 1 aromatic heterocycles. The lowest BCUT2D eigenvalue weighted by molar-refractivity contribution is 0.698. The van der Waals surface area contributed by atoms with Crippen molar-refractivity contribution in [2.45, 2.75) is 25.1 Å². The molecule has 0 aliphatic carbocycles. The van der Waals surface area contributed by atoms with Crippen molar-refractivity contribution in [1.82, 2.24) is 9.97 Å². The van der Waals surface area contributed by atoms with E-state index in [1.54, 1.807) is 18.0 Å². The summed E-state index contributed by atoms with van der Waals surface area (Å²) in [5.74, 6) is 0.850. The Morgan fingerprint density at radius 3 is 2.77 bits per heavy atom. The highest BCUT2D eigenvalue weighted by Crippen LogP contribution is 2.30. The standard InChI is InChI=1S/C9H15N3S/c1-9(2,13-3)8-11-5-4-7(6-10)12-8/h4-5H,6,10H2,1-3H3. The molecule has 1 aromatic rings. The zero-order chi connectivity index (χ0) is 9.90. The van der Waals surface area contributed by atoms with Crippen molar-refractivity contribution in [3.63, 3.8) is 0 Å². The highest BCUT2D eigenvalue weighted by Gasteiger charge is 2.22. The molecule has 0 amide bonds. The molecular formula is C9H15N3S. The number of rotatable bonds is 3. The second-order valence-electron chi connectivity index (χ2n) is 3.29. The first-order chi connectivity index (χ1) is 6.10. The number of aromatic nitrogens is 2. The van der Waals surface area contributed by atoms with E-state index in [9.17, 15) is 0 Å². The largest absolute Gasteiger partial charge is 0.325 e. The number of hydrogen-bond acceptors (Lipinski definition) is 4. The van der Waals surface area contributed by atoms with Gasteiger partial charge in [0.2, 0.25) is 0 Å². The van der Waals surface area contributed by atoms with E-state index in [0.717, 1.165) is 11.5 Å². The number of nitrogens with two attached hydrogens (primary N) is 1. The summed E-state index contributed by atoms with van der Waals surface area (Å²) in [6.45, 7) is 4.68. The van der Waals surface area contributed by atoms with Crippen molar-refractivity contribution in [3.05, 3.63) is 23.8 Å². The van der Waals surface area contributed by atoms with Crippen LogP contribution in [0.1, 0.15) is 25.4 Å². The molecule has 2 N–H and O–H groups in total. The summed E-state index contributed by atoms with van der Waals surface area (Å²) in [5.41, 5.74) is 6.40. The fourth-order valence-corrected chi connectivity index (χ4v) is 1.17. The van der Waals surface area contributed by atoms with Crippen LogP contribution in [0.2, 0.25) is 0 Å². The second kappa shape index (κ2) is 4.07. The molecule has 3 nitrogen and oxygen atoms in total. The molecule has 72 valence electrons. The van der Waals surface area contributed by atoms with Gasteiger partial charge >= 0.3 is 0 Å². The maximum absolute atomic E-state index is 5.51. The van der Waals surface area contributed by atoms with Gasteiger partial charge in [-0.2, -0.15) is 11.8 Å². The molecular weight excluding hydrogens is 182 g/mol. The van der Waals surface area contributed by atoms with E-state index < -0.39 is 0 Å². The van der Waals surface area contributed by atoms with Crippen LogP contribution in [-0.2, 0) is 11.3 Å². The molecule has 1 rings (SSSR count). The lowest BCUT2D eigenvalue weighted by Crippen LogP contribution is -2.17. The van der Waals surface area contributed by atoms with Gasteiger partial charge in [-0.15, -0.1) is 0 Å². The van der Waals surface area contributed by atoms with Crippen LogP contribution in [0.15, 0.2) is 12.3 Å². The fraction of sp³-hybridized carbons (Fsp3) is 0.556. The molecule has 13 heavy (non-hydrogen) atoms. The van der Waals surface area contributed by atoms with Gasteiger partial charge in [0.15, 0.2) is 0 Å². The topological polar surface area (TPSA) is 51.8 Å². The fourth-order valence-electron chi connectivity index (χ4n) is 0.891. The summed E-state index contributed by atoms with van der Waals surface area (Å²) in [5, 5.41) is 0. The van der Waals surface area contributed by atoms with Crippen molar-refractivity contribution in [3.8, 4) is 0 Å². The van der Waals surface area contributed by atoms with Crippen LogP contribution >= 0.6 is 11.8 Å². The normalized spacial score (nSPS) is 11.7. The zero-order valence-electron chi connectivity index (χ0n) is 8.24. The molecule has 0 saturated carbocycles. The Morgan fingerprint density at radius 1 is 1.54 bits per heavy atom. The van der Waals surface area contributed by atoms with Crippen LogP contribution in [0.3, 0.4) is 0 Å². The molecule has 0 aromatic carbocycles. The first kappa shape index (κ1) is 10.5. The SMILES string of the molecule is CSC(C)(C)c1nccc(CN)n1. The average molecular weight is 197 g/mol. The minimum Gasteiger partial charge on any atom is -0.325 e. The van der Waals surface area contributed by atoms with Crippen molar-refractivity contribution in [2.75, 3.05) is 6.26 Å². The lowest BCUT2D eigenvalue weighted by Gasteiger charge is -2.20. The van der Waals surface area contributed by atoms with Crippen molar-refractivity contribution < 1.29 is 0 Å². The molecule has 0 aliphatic heterocycles. The average Bonchev–Trinajstić information content (AvgIpc) is 2.18. The van der Waals surface area contributed by atoms with E-state index >= 15 is 0 Å². The molecule has 4 heteroatoms. The summed E-state index contributed by atoms with van der Waals surface area (Å²) in [4.78, 5) is 8.62. The van der Waals surface area contributed by atoms with Crippen molar-refractivity contribution in [1.29, 1.82) is 0 Å². The van der Waals surface area contributed by atoms with Gasteiger partial charge in [-0.1, -0.05) is 0 Å². The Kier molecular flexibility index (Phi) is 3.27. The third-order valence-corrected chi connectivity index (χ3v) is 3.17. The van der Waals surface area contributed by atoms with Gasteiger partial charge in [0.05, 0.1) is 10.4 Å². The van der Waals surface area contributed by atoms with E-state index in [1.807, 2.05) is 6.07 Å². The summed E-state index contributed by atoms with van der Waals surface area (Å²) >= 11 is 1.73. The quantitative estimate of drug-likeness (QED) is 0.798. The van der Waals surface area contributed by atoms with Gasteiger partial charge < -0.3 is 5.73 Å². The van der Waals surface area contributed by atoms with Crippen molar-refractivity contribution in [2.24, 2.45) is 5.73 Å². The zero-order valence-corrected chi connectivity index (χ0v) is 9.06.